The van der Waals surface area contributed by atoms with Gasteiger partial charge in [-0.2, -0.15) is 4.98 Å². The lowest BCUT2D eigenvalue weighted by Gasteiger charge is -2.04. The Kier molecular flexibility index (Phi) is 3.01. The zero-order chi connectivity index (χ0) is 12.5. The van der Waals surface area contributed by atoms with Crippen molar-refractivity contribution in [3.63, 3.8) is 0 Å². The Balaban J connectivity index is 1.99. The summed E-state index contributed by atoms with van der Waals surface area (Å²) in [6.45, 7) is 0.705. The number of nitrogens with zero attached hydrogens (tertiary/aromatic N) is 4. The molecule has 0 fully saturated rings. The molecule has 0 unspecified atom stereocenters. The number of imidazole rings is 1. The van der Waals surface area contributed by atoms with Crippen LogP contribution in [0.1, 0.15) is 5.56 Å². The largest absolute Gasteiger partial charge is 0.311 e. The van der Waals surface area contributed by atoms with Gasteiger partial charge >= 0.3 is 0 Å². The Hall–Kier alpha value is -1.46. The molecule has 0 aliphatic carbocycles. The van der Waals surface area contributed by atoms with E-state index < -0.39 is 0 Å². The number of aromatic nitrogens is 4. The fourth-order valence-electron chi connectivity index (χ4n) is 1.74. The van der Waals surface area contributed by atoms with Gasteiger partial charge in [-0.15, -0.1) is 0 Å². The number of benzene rings is 1. The number of fused-ring (bicyclic) bond motifs is 1. The second-order valence-corrected chi connectivity index (χ2v) is 5.10. The molecule has 0 N–H and O–H groups in total. The SMILES string of the molecule is Clc1ncc2ncn(Cc3ccc(Br)cc3)c2n1. The number of rotatable bonds is 2. The molecule has 0 spiro atoms. The number of hydrogen-bond donors (Lipinski definition) is 0. The minimum atomic E-state index is 0.236. The van der Waals surface area contributed by atoms with Crippen LogP contribution in [-0.4, -0.2) is 19.5 Å². The first kappa shape index (κ1) is 11.6. The van der Waals surface area contributed by atoms with Crippen molar-refractivity contribution in [3.8, 4) is 0 Å². The van der Waals surface area contributed by atoms with Gasteiger partial charge < -0.3 is 4.57 Å². The predicted molar refractivity (Wildman–Crippen MR) is 73.6 cm³/mol. The molecule has 3 rings (SSSR count). The van der Waals surface area contributed by atoms with Crippen molar-refractivity contribution in [2.24, 2.45) is 0 Å². The summed E-state index contributed by atoms with van der Waals surface area (Å²) in [5.41, 5.74) is 2.67. The summed E-state index contributed by atoms with van der Waals surface area (Å²) in [5, 5.41) is 0.236. The summed E-state index contributed by atoms with van der Waals surface area (Å²) < 4.78 is 3.01. The first-order valence-electron chi connectivity index (χ1n) is 5.30. The lowest BCUT2D eigenvalue weighted by molar-refractivity contribution is 0.813. The maximum atomic E-state index is 5.80. The van der Waals surface area contributed by atoms with Crippen LogP contribution < -0.4 is 0 Å². The fourth-order valence-corrected chi connectivity index (χ4v) is 2.13. The summed E-state index contributed by atoms with van der Waals surface area (Å²) >= 11 is 9.22. The van der Waals surface area contributed by atoms with E-state index in [2.05, 4.69) is 43.0 Å². The van der Waals surface area contributed by atoms with Crippen molar-refractivity contribution < 1.29 is 0 Å². The van der Waals surface area contributed by atoms with Crippen LogP contribution in [0.4, 0.5) is 0 Å². The van der Waals surface area contributed by atoms with Gasteiger partial charge in [-0.25, -0.2) is 9.97 Å². The number of halogens is 2. The van der Waals surface area contributed by atoms with E-state index in [9.17, 15) is 0 Å². The lowest BCUT2D eigenvalue weighted by atomic mass is 10.2. The van der Waals surface area contributed by atoms with Crippen LogP contribution >= 0.6 is 27.5 Å². The van der Waals surface area contributed by atoms with Gasteiger partial charge in [0.25, 0.3) is 0 Å². The molecule has 0 saturated heterocycles. The molecule has 0 atom stereocenters. The highest BCUT2D eigenvalue weighted by Gasteiger charge is 2.06. The third-order valence-electron chi connectivity index (χ3n) is 2.60. The van der Waals surface area contributed by atoms with Crippen LogP contribution in [0.15, 0.2) is 41.3 Å². The lowest BCUT2D eigenvalue weighted by Crippen LogP contribution is -1.99. The van der Waals surface area contributed by atoms with Gasteiger partial charge in [0.1, 0.15) is 5.52 Å². The van der Waals surface area contributed by atoms with E-state index >= 15 is 0 Å². The summed E-state index contributed by atoms with van der Waals surface area (Å²) in [4.78, 5) is 12.3. The molecular formula is C12H8BrClN4. The van der Waals surface area contributed by atoms with E-state index in [4.69, 9.17) is 11.6 Å². The van der Waals surface area contributed by atoms with E-state index in [1.54, 1.807) is 12.5 Å². The molecule has 0 bridgehead atoms. The second kappa shape index (κ2) is 4.66. The summed E-state index contributed by atoms with van der Waals surface area (Å²) in [6.07, 6.45) is 3.38. The van der Waals surface area contributed by atoms with E-state index in [0.29, 0.717) is 6.54 Å². The minimum absolute atomic E-state index is 0.236. The fraction of sp³-hybridized carbons (Fsp3) is 0.0833. The van der Waals surface area contributed by atoms with Crippen molar-refractivity contribution >= 4 is 38.7 Å². The molecule has 2 aromatic heterocycles. The molecule has 0 aliphatic heterocycles. The molecule has 3 aromatic rings. The van der Waals surface area contributed by atoms with Crippen LogP contribution in [-0.2, 0) is 6.54 Å². The standard InChI is InChI=1S/C12H8BrClN4/c13-9-3-1-8(2-4-9)6-18-7-16-10-5-15-12(14)17-11(10)18/h1-5,7H,6H2. The van der Waals surface area contributed by atoms with Gasteiger partial charge in [0.15, 0.2) is 5.65 Å². The van der Waals surface area contributed by atoms with Crippen molar-refractivity contribution in [2.75, 3.05) is 0 Å². The average molecular weight is 324 g/mol. The Labute approximate surface area is 117 Å². The number of hydrogen-bond acceptors (Lipinski definition) is 3. The highest BCUT2D eigenvalue weighted by Crippen LogP contribution is 2.15. The van der Waals surface area contributed by atoms with Crippen LogP contribution in [0.3, 0.4) is 0 Å². The van der Waals surface area contributed by atoms with E-state index in [1.165, 1.54) is 5.56 Å². The van der Waals surface area contributed by atoms with Gasteiger partial charge in [-0.3, -0.25) is 0 Å². The second-order valence-electron chi connectivity index (χ2n) is 3.85. The molecular weight excluding hydrogens is 316 g/mol. The summed E-state index contributed by atoms with van der Waals surface area (Å²) in [7, 11) is 0. The Morgan fingerprint density at radius 1 is 1.17 bits per heavy atom. The van der Waals surface area contributed by atoms with Gasteiger partial charge in [0.05, 0.1) is 19.1 Å². The van der Waals surface area contributed by atoms with Crippen molar-refractivity contribution in [2.45, 2.75) is 6.54 Å². The molecule has 4 nitrogen and oxygen atoms in total. The third-order valence-corrected chi connectivity index (χ3v) is 3.31. The predicted octanol–water partition coefficient (Wildman–Crippen LogP) is 3.29. The zero-order valence-electron chi connectivity index (χ0n) is 9.22. The van der Waals surface area contributed by atoms with Crippen LogP contribution in [0.25, 0.3) is 11.2 Å². The maximum Gasteiger partial charge on any atom is 0.224 e. The molecule has 90 valence electrons. The highest BCUT2D eigenvalue weighted by atomic mass is 79.9. The summed E-state index contributed by atoms with van der Waals surface area (Å²) in [5.74, 6) is 0. The van der Waals surface area contributed by atoms with Crippen molar-refractivity contribution in [1.82, 2.24) is 19.5 Å². The van der Waals surface area contributed by atoms with Crippen LogP contribution in [0.5, 0.6) is 0 Å². The quantitative estimate of drug-likeness (QED) is 0.680. The first-order valence-corrected chi connectivity index (χ1v) is 6.47. The Bertz CT molecular complexity index is 693. The average Bonchev–Trinajstić information content (AvgIpc) is 2.75. The Morgan fingerprint density at radius 2 is 1.94 bits per heavy atom. The van der Waals surface area contributed by atoms with E-state index in [-0.39, 0.29) is 5.28 Å². The van der Waals surface area contributed by atoms with Gasteiger partial charge in [-0.1, -0.05) is 28.1 Å². The first-order chi connectivity index (χ1) is 8.72. The molecule has 0 amide bonds. The van der Waals surface area contributed by atoms with E-state index in [0.717, 1.165) is 15.6 Å². The monoisotopic (exact) mass is 322 g/mol. The van der Waals surface area contributed by atoms with E-state index in [1.807, 2.05) is 16.7 Å². The van der Waals surface area contributed by atoms with Crippen molar-refractivity contribution in [3.05, 3.63) is 52.1 Å². The molecule has 0 aliphatic rings. The van der Waals surface area contributed by atoms with Gasteiger partial charge in [-0.05, 0) is 29.3 Å². The normalized spacial score (nSPS) is 11.0. The highest BCUT2D eigenvalue weighted by molar-refractivity contribution is 9.10. The smallest absolute Gasteiger partial charge is 0.224 e. The molecule has 2 heterocycles. The minimum Gasteiger partial charge on any atom is -0.311 e. The molecule has 0 saturated carbocycles. The molecule has 1 aromatic carbocycles. The van der Waals surface area contributed by atoms with Gasteiger partial charge in [0, 0.05) is 4.47 Å². The Morgan fingerprint density at radius 3 is 2.72 bits per heavy atom. The third kappa shape index (κ3) is 2.23. The molecule has 6 heteroatoms. The van der Waals surface area contributed by atoms with Crippen molar-refractivity contribution in [1.29, 1.82) is 0 Å². The summed E-state index contributed by atoms with van der Waals surface area (Å²) in [6, 6.07) is 8.13. The molecule has 0 radical (unpaired) electrons. The molecule has 18 heavy (non-hydrogen) atoms. The van der Waals surface area contributed by atoms with Gasteiger partial charge in [0.2, 0.25) is 5.28 Å². The topological polar surface area (TPSA) is 43.6 Å². The van der Waals surface area contributed by atoms with Crippen LogP contribution in [0, 0.1) is 0 Å². The van der Waals surface area contributed by atoms with Crippen LogP contribution in [0.2, 0.25) is 5.28 Å². The zero-order valence-corrected chi connectivity index (χ0v) is 11.6. The maximum absolute atomic E-state index is 5.80.